The minimum Gasteiger partial charge on any atom is -0.497 e. The van der Waals surface area contributed by atoms with Crippen LogP contribution in [0.3, 0.4) is 0 Å². The number of rotatable bonds is 10. The molecule has 2 aromatic carbocycles. The second-order valence-electron chi connectivity index (χ2n) is 11.1. The molecule has 3 aromatic rings. The summed E-state index contributed by atoms with van der Waals surface area (Å²) < 4.78 is 14.2. The lowest BCUT2D eigenvalue weighted by Crippen LogP contribution is -2.46. The van der Waals surface area contributed by atoms with E-state index < -0.39 is 5.60 Å². The van der Waals surface area contributed by atoms with Gasteiger partial charge in [0.2, 0.25) is 0 Å². The highest BCUT2D eigenvalue weighted by Gasteiger charge is 2.65. The number of aliphatic hydroxyl groups excluding tert-OH is 1. The van der Waals surface area contributed by atoms with E-state index in [-0.39, 0.29) is 35.9 Å². The smallest absolute Gasteiger partial charge is 0.264 e. The minimum atomic E-state index is -1.08. The fourth-order valence-corrected chi connectivity index (χ4v) is 6.78. The predicted molar refractivity (Wildman–Crippen MR) is 150 cm³/mol. The first-order chi connectivity index (χ1) is 18.8. The fourth-order valence-electron chi connectivity index (χ4n) is 6.78. The molecule has 1 spiro atoms. The number of methoxy groups -OCH3 is 1. The molecule has 4 atom stereocenters. The highest BCUT2D eigenvalue weighted by Crippen LogP contribution is 2.59. The molecule has 1 amide bonds. The van der Waals surface area contributed by atoms with E-state index in [2.05, 4.69) is 49.8 Å². The molecule has 5 rings (SSSR count). The summed E-state index contributed by atoms with van der Waals surface area (Å²) in [7, 11) is 1.67. The number of aliphatic hydroxyl groups is 1. The standard InChI is InChI=1S/C31H38N4O4/c1-6-17-35-26-10-8-7-9-25(26)31(29(35)37)21(2)28(30(3,4)22-11-13-24(38-5)14-12-22)27(39-31)15-18-34-20-23(16-19-36)32-33-34/h6-14,20-21,27-28,36H,1,15-19H2,2-5H3/t21-,27+,28-,31+/m0/s1. The van der Waals surface area contributed by atoms with Crippen molar-refractivity contribution in [3.8, 4) is 5.75 Å². The van der Waals surface area contributed by atoms with Crippen LogP contribution in [0.4, 0.5) is 5.69 Å². The molecule has 0 saturated carbocycles. The molecule has 39 heavy (non-hydrogen) atoms. The SMILES string of the molecule is C=CCN1C(=O)[C@]2(O[C@H](CCn3cc(CCO)nn3)[C@@H](C(C)(C)c3ccc(OC)cc3)[C@@H]2C)c2ccccc21. The average Bonchev–Trinajstić information content (AvgIpc) is 3.58. The van der Waals surface area contributed by atoms with Crippen molar-refractivity contribution >= 4 is 11.6 Å². The number of para-hydroxylation sites is 1. The summed E-state index contributed by atoms with van der Waals surface area (Å²) in [5.74, 6) is 0.694. The highest BCUT2D eigenvalue weighted by molar-refractivity contribution is 6.07. The average molecular weight is 531 g/mol. The van der Waals surface area contributed by atoms with Crippen LogP contribution in [0.15, 0.2) is 67.4 Å². The molecule has 2 aliphatic heterocycles. The van der Waals surface area contributed by atoms with Gasteiger partial charge >= 0.3 is 0 Å². The second kappa shape index (κ2) is 10.6. The van der Waals surface area contributed by atoms with Gasteiger partial charge in [0.15, 0.2) is 5.60 Å². The summed E-state index contributed by atoms with van der Waals surface area (Å²) in [5, 5.41) is 17.7. The van der Waals surface area contributed by atoms with Gasteiger partial charge in [-0.2, -0.15) is 0 Å². The van der Waals surface area contributed by atoms with E-state index in [1.165, 1.54) is 5.56 Å². The van der Waals surface area contributed by atoms with Crippen molar-refractivity contribution in [2.75, 3.05) is 25.2 Å². The zero-order valence-corrected chi connectivity index (χ0v) is 23.2. The maximum absolute atomic E-state index is 14.3. The van der Waals surface area contributed by atoms with Gasteiger partial charge in [0.25, 0.3) is 5.91 Å². The first-order valence-corrected chi connectivity index (χ1v) is 13.6. The van der Waals surface area contributed by atoms with E-state index >= 15 is 0 Å². The summed E-state index contributed by atoms with van der Waals surface area (Å²) in [6.07, 6.45) is 4.55. The van der Waals surface area contributed by atoms with E-state index in [9.17, 15) is 9.90 Å². The number of benzene rings is 2. The van der Waals surface area contributed by atoms with Crippen molar-refractivity contribution in [1.82, 2.24) is 15.0 Å². The van der Waals surface area contributed by atoms with E-state index in [0.29, 0.717) is 25.9 Å². The molecule has 8 nitrogen and oxygen atoms in total. The van der Waals surface area contributed by atoms with Crippen molar-refractivity contribution in [3.63, 3.8) is 0 Å². The fraction of sp³-hybridized carbons (Fsp3) is 0.452. The van der Waals surface area contributed by atoms with Crippen LogP contribution in [0.5, 0.6) is 5.75 Å². The molecule has 0 unspecified atom stereocenters. The topological polar surface area (TPSA) is 89.7 Å². The third-order valence-electron chi connectivity index (χ3n) is 8.65. The van der Waals surface area contributed by atoms with Crippen LogP contribution in [0, 0.1) is 11.8 Å². The Bertz CT molecular complexity index is 1330. The molecular formula is C31H38N4O4. The van der Waals surface area contributed by atoms with Gasteiger partial charge in [0.05, 0.1) is 24.6 Å². The number of amides is 1. The normalized spacial score (nSPS) is 24.4. The lowest BCUT2D eigenvalue weighted by molar-refractivity contribution is -0.146. The Kier molecular flexibility index (Phi) is 7.35. The first-order valence-electron chi connectivity index (χ1n) is 13.6. The second-order valence-corrected chi connectivity index (χ2v) is 11.1. The summed E-state index contributed by atoms with van der Waals surface area (Å²) in [6.45, 7) is 11.6. The molecule has 1 fully saturated rings. The molecule has 1 saturated heterocycles. The Morgan fingerprint density at radius 1 is 1.21 bits per heavy atom. The van der Waals surface area contributed by atoms with E-state index in [4.69, 9.17) is 9.47 Å². The van der Waals surface area contributed by atoms with Gasteiger partial charge in [0, 0.05) is 49.7 Å². The molecule has 0 aliphatic carbocycles. The first kappa shape index (κ1) is 27.1. The van der Waals surface area contributed by atoms with Gasteiger partial charge in [-0.1, -0.05) is 62.4 Å². The monoisotopic (exact) mass is 530 g/mol. The summed E-state index contributed by atoms with van der Waals surface area (Å²) in [5.41, 5.74) is 2.34. The van der Waals surface area contributed by atoms with E-state index in [0.717, 1.165) is 22.7 Å². The highest BCUT2D eigenvalue weighted by atomic mass is 16.5. The Labute approximate surface area is 230 Å². The number of hydrogen-bond acceptors (Lipinski definition) is 6. The number of carbonyl (C=O) groups excluding carboxylic acids is 1. The largest absolute Gasteiger partial charge is 0.497 e. The summed E-state index contributed by atoms with van der Waals surface area (Å²) >= 11 is 0. The maximum atomic E-state index is 14.3. The van der Waals surface area contributed by atoms with Crippen molar-refractivity contribution in [2.45, 2.75) is 57.3 Å². The van der Waals surface area contributed by atoms with Crippen LogP contribution >= 0.6 is 0 Å². The number of ether oxygens (including phenoxy) is 2. The Morgan fingerprint density at radius 3 is 2.64 bits per heavy atom. The number of carbonyl (C=O) groups is 1. The minimum absolute atomic E-state index is 0.0204. The predicted octanol–water partition coefficient (Wildman–Crippen LogP) is 4.27. The Hall–Kier alpha value is -3.49. The quantitative estimate of drug-likeness (QED) is 0.394. The van der Waals surface area contributed by atoms with Gasteiger partial charge in [-0.25, -0.2) is 0 Å². The van der Waals surface area contributed by atoms with Crippen LogP contribution < -0.4 is 9.64 Å². The zero-order valence-electron chi connectivity index (χ0n) is 23.2. The van der Waals surface area contributed by atoms with Crippen molar-refractivity contribution < 1.29 is 19.4 Å². The number of aromatic nitrogens is 3. The Balaban J connectivity index is 1.55. The van der Waals surface area contributed by atoms with Crippen LogP contribution in [-0.2, 0) is 33.5 Å². The molecule has 1 aromatic heterocycles. The van der Waals surface area contributed by atoms with Gasteiger partial charge in [0.1, 0.15) is 5.75 Å². The third-order valence-corrected chi connectivity index (χ3v) is 8.65. The van der Waals surface area contributed by atoms with Crippen molar-refractivity contribution in [3.05, 3.63) is 84.2 Å². The van der Waals surface area contributed by atoms with Gasteiger partial charge in [-0.15, -0.1) is 11.7 Å². The van der Waals surface area contributed by atoms with Crippen molar-refractivity contribution in [1.29, 1.82) is 0 Å². The molecule has 8 heteroatoms. The molecule has 2 aliphatic rings. The number of aryl methyl sites for hydroxylation is 1. The molecule has 0 bridgehead atoms. The number of hydrogen-bond donors (Lipinski definition) is 1. The van der Waals surface area contributed by atoms with Crippen LogP contribution in [0.2, 0.25) is 0 Å². The van der Waals surface area contributed by atoms with Crippen LogP contribution in [0.25, 0.3) is 0 Å². The number of fused-ring (bicyclic) bond motifs is 2. The zero-order chi connectivity index (χ0) is 27.8. The molecule has 1 N–H and O–H groups in total. The van der Waals surface area contributed by atoms with Crippen LogP contribution in [-0.4, -0.2) is 52.4 Å². The third kappa shape index (κ3) is 4.45. The summed E-state index contributed by atoms with van der Waals surface area (Å²) in [6, 6.07) is 16.2. The number of nitrogens with zero attached hydrogens (tertiary/aromatic N) is 4. The van der Waals surface area contributed by atoms with E-state index in [1.54, 1.807) is 22.8 Å². The van der Waals surface area contributed by atoms with Gasteiger partial charge in [-0.05, 0) is 35.6 Å². The summed E-state index contributed by atoms with van der Waals surface area (Å²) in [4.78, 5) is 16.1. The lowest BCUT2D eigenvalue weighted by Gasteiger charge is -2.38. The Morgan fingerprint density at radius 2 is 1.95 bits per heavy atom. The van der Waals surface area contributed by atoms with Crippen LogP contribution in [0.1, 0.15) is 44.0 Å². The maximum Gasteiger partial charge on any atom is 0.264 e. The molecule has 0 radical (unpaired) electrons. The van der Waals surface area contributed by atoms with E-state index in [1.807, 2.05) is 42.6 Å². The van der Waals surface area contributed by atoms with Gasteiger partial charge < -0.3 is 19.5 Å². The molecular weight excluding hydrogens is 492 g/mol. The van der Waals surface area contributed by atoms with Gasteiger partial charge in [-0.3, -0.25) is 9.48 Å². The lowest BCUT2D eigenvalue weighted by atomic mass is 9.63. The molecule has 206 valence electrons. The van der Waals surface area contributed by atoms with Crippen molar-refractivity contribution in [2.24, 2.45) is 11.8 Å². The number of anilines is 1. The molecule has 3 heterocycles.